The van der Waals surface area contributed by atoms with Crippen LogP contribution in [0.25, 0.3) is 0 Å². The van der Waals surface area contributed by atoms with Crippen molar-refractivity contribution in [2.45, 2.75) is 124 Å². The maximum Gasteiger partial charge on any atom is 0.195 e. The van der Waals surface area contributed by atoms with E-state index in [1.807, 2.05) is 72.8 Å². The highest BCUT2D eigenvalue weighted by atomic mass is 32.2. The molecular weight excluding hydrogens is 717 g/mol. The van der Waals surface area contributed by atoms with E-state index < -0.39 is 0 Å². The fraction of sp³-hybridized carbons (Fsp3) is 0.347. The molecule has 0 aromatic heterocycles. The van der Waals surface area contributed by atoms with Crippen molar-refractivity contribution in [2.75, 3.05) is 6.61 Å². The predicted molar refractivity (Wildman–Crippen MR) is 228 cm³/mol. The number of rotatable bonds is 22. The predicted octanol–water partition coefficient (Wildman–Crippen LogP) is 14.0. The zero-order valence-corrected chi connectivity index (χ0v) is 34.1. The summed E-state index contributed by atoms with van der Waals surface area (Å²) in [6.07, 6.45) is 16.3. The van der Waals surface area contributed by atoms with Gasteiger partial charge in [-0.05, 0) is 91.1 Å². The van der Waals surface area contributed by atoms with E-state index in [-0.39, 0.29) is 11.6 Å². The summed E-state index contributed by atoms with van der Waals surface area (Å²) >= 11 is 3.04. The van der Waals surface area contributed by atoms with E-state index in [1.165, 1.54) is 88.0 Å². The number of hydrogen-bond donors (Lipinski definition) is 0. The Bertz CT molecular complexity index is 1980. The third-order valence-corrected chi connectivity index (χ3v) is 12.2. The minimum atomic E-state index is -0.108. The normalized spacial score (nSPS) is 12.0. The molecule has 6 heteroatoms. The summed E-state index contributed by atoms with van der Waals surface area (Å²) in [6.45, 7) is 5.70. The molecule has 55 heavy (non-hydrogen) atoms. The molecular formula is C49H54O4S2. The van der Waals surface area contributed by atoms with Gasteiger partial charge in [0.25, 0.3) is 0 Å². The van der Waals surface area contributed by atoms with E-state index in [9.17, 15) is 9.59 Å². The molecule has 0 N–H and O–H groups in total. The Hall–Kier alpha value is -4.26. The molecule has 0 spiro atoms. The van der Waals surface area contributed by atoms with Gasteiger partial charge < -0.3 is 9.47 Å². The summed E-state index contributed by atoms with van der Waals surface area (Å²) < 4.78 is 12.0. The average molecular weight is 771 g/mol. The third kappa shape index (κ3) is 11.4. The largest absolute Gasteiger partial charge is 0.494 e. The van der Waals surface area contributed by atoms with Gasteiger partial charge in [-0.25, -0.2) is 0 Å². The van der Waals surface area contributed by atoms with Crippen LogP contribution in [0.1, 0.15) is 134 Å². The number of carbonyl (C=O) groups is 2. The van der Waals surface area contributed by atoms with Gasteiger partial charge in [-0.15, -0.1) is 0 Å². The Morgan fingerprint density at radius 3 is 1.47 bits per heavy atom. The van der Waals surface area contributed by atoms with Crippen molar-refractivity contribution in [1.29, 1.82) is 0 Å². The molecule has 0 aliphatic heterocycles. The lowest BCUT2D eigenvalue weighted by Crippen LogP contribution is -2.22. The molecule has 0 unspecified atom stereocenters. The summed E-state index contributed by atoms with van der Waals surface area (Å²) in [6, 6.07) is 35.9. The van der Waals surface area contributed by atoms with Gasteiger partial charge in [0.05, 0.1) is 6.61 Å². The molecule has 0 fully saturated rings. The number of carbonyl (C=O) groups excluding carboxylic acids is 2. The highest BCUT2D eigenvalue weighted by Crippen LogP contribution is 2.41. The van der Waals surface area contributed by atoms with Gasteiger partial charge in [-0.2, -0.15) is 0 Å². The van der Waals surface area contributed by atoms with Crippen LogP contribution in [0.15, 0.2) is 129 Å². The molecule has 0 atom stereocenters. The molecule has 0 radical (unpaired) electrons. The average Bonchev–Trinajstić information content (AvgIpc) is 3.21. The highest BCUT2D eigenvalue weighted by molar-refractivity contribution is 7.99. The number of aryl methyl sites for hydroxylation is 1. The monoisotopic (exact) mass is 770 g/mol. The van der Waals surface area contributed by atoms with E-state index in [4.69, 9.17) is 9.47 Å². The summed E-state index contributed by atoms with van der Waals surface area (Å²) in [4.78, 5) is 31.8. The van der Waals surface area contributed by atoms with Gasteiger partial charge in [0.2, 0.25) is 0 Å². The van der Waals surface area contributed by atoms with Crippen molar-refractivity contribution >= 4 is 35.1 Å². The van der Waals surface area contributed by atoms with Crippen LogP contribution < -0.4 is 9.47 Å². The lowest BCUT2D eigenvalue weighted by Gasteiger charge is -2.22. The number of hydrogen-bond acceptors (Lipinski definition) is 6. The molecule has 0 heterocycles. The second-order valence-corrected chi connectivity index (χ2v) is 16.6. The Kier molecular flexibility index (Phi) is 15.5. The molecule has 1 aliphatic carbocycles. The number of benzene rings is 5. The second-order valence-electron chi connectivity index (χ2n) is 14.4. The van der Waals surface area contributed by atoms with Crippen LogP contribution >= 0.6 is 23.5 Å². The minimum absolute atomic E-state index is 0.101. The molecule has 0 bridgehead atoms. The smallest absolute Gasteiger partial charge is 0.195 e. The maximum atomic E-state index is 14.1. The third-order valence-electron chi connectivity index (χ3n) is 10.1. The van der Waals surface area contributed by atoms with E-state index in [0.29, 0.717) is 28.9 Å². The first kappa shape index (κ1) is 40.4. The molecule has 5 aromatic rings. The van der Waals surface area contributed by atoms with Crippen LogP contribution in [0.4, 0.5) is 0 Å². The summed E-state index contributed by atoms with van der Waals surface area (Å²) in [5.41, 5.74) is 4.32. The van der Waals surface area contributed by atoms with Crippen LogP contribution in [0.2, 0.25) is 0 Å². The number of unbranched alkanes of at least 4 members (excludes halogenated alkanes) is 10. The van der Waals surface area contributed by atoms with E-state index in [1.54, 1.807) is 23.9 Å². The highest BCUT2D eigenvalue weighted by Gasteiger charge is 2.33. The zero-order chi connectivity index (χ0) is 38.2. The lowest BCUT2D eigenvalue weighted by atomic mass is 9.84. The molecule has 1 aliphatic rings. The van der Waals surface area contributed by atoms with Crippen molar-refractivity contribution in [3.8, 4) is 11.5 Å². The van der Waals surface area contributed by atoms with Crippen LogP contribution in [0.5, 0.6) is 11.5 Å². The van der Waals surface area contributed by atoms with Crippen molar-refractivity contribution in [1.82, 2.24) is 0 Å². The van der Waals surface area contributed by atoms with Crippen molar-refractivity contribution in [3.05, 3.63) is 143 Å². The maximum absolute atomic E-state index is 14.1. The summed E-state index contributed by atoms with van der Waals surface area (Å²) in [5, 5.41) is 0. The molecule has 0 saturated carbocycles. The molecule has 5 aromatic carbocycles. The molecule has 286 valence electrons. The fourth-order valence-electron chi connectivity index (χ4n) is 6.96. The molecule has 0 saturated heterocycles. The quantitative estimate of drug-likeness (QED) is 0.0641. The summed E-state index contributed by atoms with van der Waals surface area (Å²) in [7, 11) is 0. The Morgan fingerprint density at radius 2 is 0.909 bits per heavy atom. The van der Waals surface area contributed by atoms with Gasteiger partial charge >= 0.3 is 0 Å². The number of fused-ring (bicyclic) bond motifs is 2. The van der Waals surface area contributed by atoms with E-state index in [2.05, 4.69) is 38.1 Å². The standard InChI is InChI=1S/C49H54O4S2/c1-3-5-7-9-11-13-17-36-24-30-40(31-25-36)54-44-20-15-18-42-46(44)48(50)43-19-16-21-45(47(43)49(42)51)55-41-32-28-39(29-33-41)53-35-37-22-26-38(27-23-37)52-34-14-12-10-8-6-4-2/h15-16,18-33H,3-14,17,34-35H2,1-2H3. The molecule has 4 nitrogen and oxygen atoms in total. The number of ether oxygens (including phenoxy) is 2. The Morgan fingerprint density at radius 1 is 0.455 bits per heavy atom. The molecule has 0 amide bonds. The number of ketones is 2. The van der Waals surface area contributed by atoms with Gasteiger partial charge in [0.1, 0.15) is 18.1 Å². The Balaban J connectivity index is 1.03. The SMILES string of the molecule is CCCCCCCCOc1ccc(COc2ccc(Sc3cccc4c3C(=O)c3cccc(Sc5ccc(CCCCCCCC)cc5)c3C4=O)cc2)cc1. The second kappa shape index (κ2) is 21.2. The van der Waals surface area contributed by atoms with E-state index in [0.717, 1.165) is 56.1 Å². The first-order valence-corrected chi connectivity index (χ1v) is 21.9. The van der Waals surface area contributed by atoms with Crippen molar-refractivity contribution in [2.24, 2.45) is 0 Å². The van der Waals surface area contributed by atoms with Crippen molar-refractivity contribution < 1.29 is 19.1 Å². The first-order chi connectivity index (χ1) is 27.0. The van der Waals surface area contributed by atoms with Gasteiger partial charge in [0.15, 0.2) is 11.6 Å². The van der Waals surface area contributed by atoms with Crippen LogP contribution in [-0.4, -0.2) is 18.2 Å². The molecule has 6 rings (SSSR count). The van der Waals surface area contributed by atoms with Crippen LogP contribution in [-0.2, 0) is 13.0 Å². The first-order valence-electron chi connectivity index (χ1n) is 20.3. The topological polar surface area (TPSA) is 52.6 Å². The lowest BCUT2D eigenvalue weighted by molar-refractivity contribution is 0.0974. The van der Waals surface area contributed by atoms with Gasteiger partial charge in [-0.1, -0.05) is 150 Å². The summed E-state index contributed by atoms with van der Waals surface area (Å²) in [5.74, 6) is 1.45. The van der Waals surface area contributed by atoms with Crippen molar-refractivity contribution in [3.63, 3.8) is 0 Å². The van der Waals surface area contributed by atoms with E-state index >= 15 is 0 Å². The van der Waals surface area contributed by atoms with Crippen LogP contribution in [0.3, 0.4) is 0 Å². The van der Waals surface area contributed by atoms with Gasteiger partial charge in [0, 0.05) is 41.8 Å². The fourth-order valence-corrected chi connectivity index (χ4v) is 8.92. The minimum Gasteiger partial charge on any atom is -0.494 e. The Labute approximate surface area is 336 Å². The zero-order valence-electron chi connectivity index (χ0n) is 32.4. The van der Waals surface area contributed by atoms with Crippen LogP contribution in [0, 0.1) is 0 Å². The van der Waals surface area contributed by atoms with Gasteiger partial charge in [-0.3, -0.25) is 9.59 Å².